The number of hydrogen-bond donors (Lipinski definition) is 4. The normalized spacial score (nSPS) is 9.57. The molecule has 6 rings (SSSR count). The summed E-state index contributed by atoms with van der Waals surface area (Å²) in [7, 11) is 1.92. The average molecular weight is 469 g/mol. The zero-order valence-electron chi connectivity index (χ0n) is 22.2. The Morgan fingerprint density at radius 3 is 1.26 bits per heavy atom. The summed E-state index contributed by atoms with van der Waals surface area (Å²) >= 11 is 0. The quantitative estimate of drug-likeness (QED) is 0.191. The van der Waals surface area contributed by atoms with Gasteiger partial charge in [0.05, 0.1) is 0 Å². The van der Waals surface area contributed by atoms with E-state index in [0.717, 1.165) is 5.69 Å². The van der Waals surface area contributed by atoms with Gasteiger partial charge in [0, 0.05) is 53.3 Å². The summed E-state index contributed by atoms with van der Waals surface area (Å²) in [5.74, 6) is 0. The van der Waals surface area contributed by atoms with E-state index in [9.17, 15) is 0 Å². The molecule has 4 heteroatoms. The van der Waals surface area contributed by atoms with E-state index in [1.165, 1.54) is 43.8 Å². The molecule has 35 heavy (non-hydrogen) atoms. The van der Waals surface area contributed by atoms with Crippen LogP contribution in [0.5, 0.6) is 0 Å². The maximum atomic E-state index is 3.15. The molecule has 0 aliphatic carbocycles. The van der Waals surface area contributed by atoms with Gasteiger partial charge in [-0.2, -0.15) is 0 Å². The highest BCUT2D eigenvalue weighted by Gasteiger charge is 1.94. The largest absolute Gasteiger partial charge is 0.388 e. The fourth-order valence-corrected chi connectivity index (χ4v) is 3.55. The van der Waals surface area contributed by atoms with Gasteiger partial charge in [-0.05, 0) is 85.3 Å². The number of nitrogens with one attached hydrogen (secondary N) is 4. The van der Waals surface area contributed by atoms with E-state index >= 15 is 0 Å². The molecule has 0 unspecified atom stereocenters. The van der Waals surface area contributed by atoms with Crippen LogP contribution in [0, 0.1) is 13.8 Å². The first-order chi connectivity index (χ1) is 17.1. The van der Waals surface area contributed by atoms with Crippen LogP contribution < -0.4 is 5.32 Å². The molecule has 0 amide bonds. The third-order valence-corrected chi connectivity index (χ3v) is 5.26. The molecule has 0 bridgehead atoms. The highest BCUT2D eigenvalue weighted by molar-refractivity contribution is 5.83. The van der Waals surface area contributed by atoms with E-state index in [-0.39, 0.29) is 0 Å². The van der Waals surface area contributed by atoms with Gasteiger partial charge in [0.2, 0.25) is 0 Å². The summed E-state index contributed by atoms with van der Waals surface area (Å²) in [6.07, 6.45) is 5.87. The molecular weight excluding hydrogens is 428 g/mol. The van der Waals surface area contributed by atoms with Crippen LogP contribution in [-0.2, 0) is 0 Å². The van der Waals surface area contributed by atoms with E-state index in [0.29, 0.717) is 0 Å². The van der Waals surface area contributed by atoms with Gasteiger partial charge >= 0.3 is 0 Å². The van der Waals surface area contributed by atoms with Gasteiger partial charge in [-0.1, -0.05) is 51.0 Å². The van der Waals surface area contributed by atoms with Gasteiger partial charge in [0.25, 0.3) is 0 Å². The van der Waals surface area contributed by atoms with Gasteiger partial charge < -0.3 is 20.3 Å². The third kappa shape index (κ3) is 7.82. The Morgan fingerprint density at radius 1 is 0.486 bits per heavy atom. The van der Waals surface area contributed by atoms with E-state index in [1.54, 1.807) is 0 Å². The Labute approximate surface area is 209 Å². The molecular formula is C31H40N4. The van der Waals surface area contributed by atoms with Crippen LogP contribution in [0.4, 0.5) is 5.69 Å². The molecule has 0 saturated heterocycles. The molecule has 6 aromatic rings. The number of hydrogen-bond acceptors (Lipinski definition) is 1. The molecule has 184 valence electrons. The van der Waals surface area contributed by atoms with Gasteiger partial charge in [-0.15, -0.1) is 0 Å². The monoisotopic (exact) mass is 468 g/mol. The Kier molecular flexibility index (Phi) is 11.2. The number of aryl methyl sites for hydroxylation is 2. The molecule has 0 aliphatic rings. The Morgan fingerprint density at radius 2 is 0.857 bits per heavy atom. The predicted octanol–water partition coefficient (Wildman–Crippen LogP) is 9.21. The fourth-order valence-electron chi connectivity index (χ4n) is 3.55. The van der Waals surface area contributed by atoms with Gasteiger partial charge in [-0.25, -0.2) is 0 Å². The van der Waals surface area contributed by atoms with Crippen LogP contribution in [0.2, 0.25) is 0 Å². The molecule has 0 saturated carbocycles. The Bertz CT molecular complexity index is 1330. The number of rotatable bonds is 1. The molecule has 3 heterocycles. The number of aromatic amines is 3. The first kappa shape index (κ1) is 27.3. The van der Waals surface area contributed by atoms with Crippen molar-refractivity contribution < 1.29 is 0 Å². The number of fused-ring (bicyclic) bond motifs is 3. The second-order valence-electron chi connectivity index (χ2n) is 7.67. The smallest absolute Gasteiger partial charge is 0.0455 e. The zero-order chi connectivity index (χ0) is 25.6. The van der Waals surface area contributed by atoms with Gasteiger partial charge in [-0.3, -0.25) is 0 Å². The maximum Gasteiger partial charge on any atom is 0.0455 e. The van der Waals surface area contributed by atoms with E-state index in [2.05, 4.69) is 107 Å². The molecule has 4 N–H and O–H groups in total. The van der Waals surface area contributed by atoms with E-state index in [4.69, 9.17) is 0 Å². The summed E-state index contributed by atoms with van der Waals surface area (Å²) in [6, 6.07) is 25.2. The summed E-state index contributed by atoms with van der Waals surface area (Å²) < 4.78 is 0. The Hall–Kier alpha value is -3.92. The van der Waals surface area contributed by atoms with Crippen molar-refractivity contribution in [3.8, 4) is 0 Å². The number of aromatic nitrogens is 3. The molecule has 0 spiro atoms. The highest BCUT2D eigenvalue weighted by atomic mass is 14.8. The molecule has 0 atom stereocenters. The van der Waals surface area contributed by atoms with Crippen LogP contribution in [0.15, 0.2) is 91.4 Å². The number of anilines is 1. The van der Waals surface area contributed by atoms with E-state index in [1.807, 2.05) is 53.3 Å². The van der Waals surface area contributed by atoms with Crippen molar-refractivity contribution in [2.24, 2.45) is 0 Å². The predicted molar refractivity (Wildman–Crippen MR) is 157 cm³/mol. The summed E-state index contributed by atoms with van der Waals surface area (Å²) in [5, 5.41) is 6.93. The van der Waals surface area contributed by atoms with Gasteiger partial charge in [0.1, 0.15) is 0 Å². The molecule has 4 nitrogen and oxygen atoms in total. The van der Waals surface area contributed by atoms with Crippen molar-refractivity contribution in [1.82, 2.24) is 15.0 Å². The highest BCUT2D eigenvalue weighted by Crippen LogP contribution is 2.17. The molecule has 0 fully saturated rings. The topological polar surface area (TPSA) is 59.4 Å². The lowest BCUT2D eigenvalue weighted by Gasteiger charge is -1.97. The Balaban J connectivity index is 0.000000173. The molecule has 3 aromatic heterocycles. The van der Waals surface area contributed by atoms with Crippen LogP contribution >= 0.6 is 0 Å². The SMILES string of the molecule is CC.CC.CNc1ccc2[nH]ccc2c1.Cc1ccc2[nH]ccc2c1.Cc1ccc2[nH]ccc2c1. The van der Waals surface area contributed by atoms with Crippen molar-refractivity contribution in [3.05, 3.63) is 103 Å². The summed E-state index contributed by atoms with van der Waals surface area (Å²) in [5.41, 5.74) is 7.39. The van der Waals surface area contributed by atoms with Crippen molar-refractivity contribution >= 4 is 38.4 Å². The maximum absolute atomic E-state index is 3.15. The first-order valence-electron chi connectivity index (χ1n) is 12.4. The standard InChI is InChI=1S/C9H10N2.2C9H9N.2C2H6/c1-10-8-2-3-9-7(6-8)4-5-11-9;2*1-7-2-3-9-8(6-7)4-5-10-9;2*1-2/h2-6,10-11H,1H3;2*2-6,10H,1H3;2*1-2H3. The minimum atomic E-state index is 1.15. The van der Waals surface area contributed by atoms with Crippen LogP contribution in [0.3, 0.4) is 0 Å². The third-order valence-electron chi connectivity index (χ3n) is 5.26. The molecule has 0 radical (unpaired) electrons. The van der Waals surface area contributed by atoms with Crippen molar-refractivity contribution in [2.45, 2.75) is 41.5 Å². The zero-order valence-corrected chi connectivity index (χ0v) is 22.2. The van der Waals surface area contributed by atoms with Crippen molar-refractivity contribution in [2.75, 3.05) is 12.4 Å². The minimum absolute atomic E-state index is 1.15. The summed E-state index contributed by atoms with van der Waals surface area (Å²) in [4.78, 5) is 9.44. The first-order valence-corrected chi connectivity index (χ1v) is 12.4. The lowest BCUT2D eigenvalue weighted by Crippen LogP contribution is -1.85. The minimum Gasteiger partial charge on any atom is -0.388 e. The second kappa shape index (κ2) is 14.4. The van der Waals surface area contributed by atoms with Crippen LogP contribution in [-0.4, -0.2) is 22.0 Å². The summed E-state index contributed by atoms with van der Waals surface area (Å²) in [6.45, 7) is 12.2. The fraction of sp³-hybridized carbons (Fsp3) is 0.226. The number of H-pyrrole nitrogens is 3. The number of benzene rings is 3. The molecule has 3 aromatic carbocycles. The van der Waals surface area contributed by atoms with Gasteiger partial charge in [0.15, 0.2) is 0 Å². The average Bonchev–Trinajstić information content (AvgIpc) is 3.67. The van der Waals surface area contributed by atoms with Crippen molar-refractivity contribution in [3.63, 3.8) is 0 Å². The second-order valence-corrected chi connectivity index (χ2v) is 7.67. The van der Waals surface area contributed by atoms with Crippen molar-refractivity contribution in [1.29, 1.82) is 0 Å². The lowest BCUT2D eigenvalue weighted by atomic mass is 10.2. The van der Waals surface area contributed by atoms with Crippen LogP contribution in [0.1, 0.15) is 38.8 Å². The molecule has 0 aliphatic heterocycles. The van der Waals surface area contributed by atoms with E-state index < -0.39 is 0 Å². The lowest BCUT2D eigenvalue weighted by molar-refractivity contribution is 1.46. The van der Waals surface area contributed by atoms with Crippen LogP contribution in [0.25, 0.3) is 32.7 Å².